The van der Waals surface area contributed by atoms with E-state index < -0.39 is 24.2 Å². The van der Waals surface area contributed by atoms with Gasteiger partial charge in [-0.2, -0.15) is 0 Å². The molecule has 0 rings (SSSR count). The summed E-state index contributed by atoms with van der Waals surface area (Å²) in [5, 5.41) is 32.9. The Kier molecular flexibility index (Phi) is 34.8. The number of hydrogen-bond acceptors (Lipinski definition) is 4. The molecule has 268 valence electrons. The van der Waals surface area contributed by atoms with Crippen LogP contribution in [0.1, 0.15) is 181 Å². The van der Waals surface area contributed by atoms with Crippen LogP contribution in [-0.2, 0) is 4.79 Å². The van der Waals surface area contributed by atoms with Gasteiger partial charge in [0.05, 0.1) is 18.8 Å². The minimum absolute atomic E-state index is 0.378. The third-order valence-corrected chi connectivity index (χ3v) is 8.62. The highest BCUT2D eigenvalue weighted by molar-refractivity contribution is 5.80. The maximum atomic E-state index is 12.4. The zero-order valence-electron chi connectivity index (χ0n) is 30.2. The van der Waals surface area contributed by atoms with E-state index in [1.54, 1.807) is 6.08 Å². The first-order valence-corrected chi connectivity index (χ1v) is 19.5. The summed E-state index contributed by atoms with van der Waals surface area (Å²) in [7, 11) is 0. The number of rotatable bonds is 34. The molecule has 0 fully saturated rings. The van der Waals surface area contributed by atoms with Crippen LogP contribution in [0.3, 0.4) is 0 Å². The molecule has 0 aliphatic heterocycles. The van der Waals surface area contributed by atoms with Crippen LogP contribution in [0.25, 0.3) is 0 Å². The van der Waals surface area contributed by atoms with E-state index in [2.05, 4.69) is 55.6 Å². The summed E-state index contributed by atoms with van der Waals surface area (Å²) in [5.41, 5.74) is 0. The topological polar surface area (TPSA) is 89.8 Å². The lowest BCUT2D eigenvalue weighted by molar-refractivity contribution is -0.131. The molecule has 0 aromatic heterocycles. The van der Waals surface area contributed by atoms with E-state index in [9.17, 15) is 20.1 Å². The van der Waals surface area contributed by atoms with Gasteiger partial charge in [0.25, 0.3) is 0 Å². The van der Waals surface area contributed by atoms with Crippen LogP contribution < -0.4 is 5.32 Å². The van der Waals surface area contributed by atoms with Crippen LogP contribution in [0.4, 0.5) is 0 Å². The summed E-state index contributed by atoms with van der Waals surface area (Å²) in [6, 6.07) is -0.828. The molecule has 3 unspecified atom stereocenters. The van der Waals surface area contributed by atoms with E-state index in [1.807, 2.05) is 6.08 Å². The van der Waals surface area contributed by atoms with Crippen molar-refractivity contribution in [3.63, 3.8) is 0 Å². The van der Waals surface area contributed by atoms with Crippen molar-refractivity contribution in [1.82, 2.24) is 5.32 Å². The highest BCUT2D eigenvalue weighted by Gasteiger charge is 2.22. The molecule has 0 heterocycles. The molecule has 46 heavy (non-hydrogen) atoms. The molecule has 3 atom stereocenters. The van der Waals surface area contributed by atoms with Gasteiger partial charge in [0.2, 0.25) is 5.91 Å². The van der Waals surface area contributed by atoms with Crippen molar-refractivity contribution in [2.24, 2.45) is 0 Å². The van der Waals surface area contributed by atoms with Gasteiger partial charge >= 0.3 is 0 Å². The molecule has 0 aromatic rings. The fourth-order valence-electron chi connectivity index (χ4n) is 5.50. The zero-order chi connectivity index (χ0) is 33.8. The zero-order valence-corrected chi connectivity index (χ0v) is 30.2. The van der Waals surface area contributed by atoms with Crippen LogP contribution in [-0.4, -0.2) is 46.1 Å². The summed E-state index contributed by atoms with van der Waals surface area (Å²) in [6.45, 7) is 4.12. The molecule has 0 aliphatic carbocycles. The van der Waals surface area contributed by atoms with Gasteiger partial charge in [-0.3, -0.25) is 4.79 Å². The number of carbonyl (C=O) groups is 1. The average Bonchev–Trinajstić information content (AvgIpc) is 3.06. The second-order valence-electron chi connectivity index (χ2n) is 13.1. The Labute approximate surface area is 285 Å². The fraction of sp³-hybridized carbons (Fsp3) is 0.780. The first kappa shape index (κ1) is 44.3. The van der Waals surface area contributed by atoms with Gasteiger partial charge in [0, 0.05) is 0 Å². The number of nitrogens with one attached hydrogen (secondary N) is 1. The summed E-state index contributed by atoms with van der Waals surface area (Å²) in [6.07, 6.45) is 45.6. The van der Waals surface area contributed by atoms with E-state index in [-0.39, 0.29) is 6.61 Å². The SMILES string of the molecule is CCCCCCCC/C=C\CCCCC(O)C(=O)NC(CO)C(O)/C=C/CC/C=C/CC/C=C/CCCCCCCCCCCC. The van der Waals surface area contributed by atoms with Crippen LogP contribution in [0.2, 0.25) is 0 Å². The van der Waals surface area contributed by atoms with Crippen LogP contribution in [0, 0.1) is 0 Å². The third-order valence-electron chi connectivity index (χ3n) is 8.62. The number of aliphatic hydroxyl groups is 3. The van der Waals surface area contributed by atoms with E-state index in [0.29, 0.717) is 6.42 Å². The Balaban J connectivity index is 3.83. The molecule has 0 bridgehead atoms. The van der Waals surface area contributed by atoms with E-state index in [0.717, 1.165) is 51.4 Å². The summed E-state index contributed by atoms with van der Waals surface area (Å²) >= 11 is 0. The molecule has 0 aliphatic rings. The van der Waals surface area contributed by atoms with Gasteiger partial charge in [-0.15, -0.1) is 0 Å². The predicted molar refractivity (Wildman–Crippen MR) is 199 cm³/mol. The Hall–Kier alpha value is -1.69. The summed E-state index contributed by atoms with van der Waals surface area (Å²) in [4.78, 5) is 12.4. The second kappa shape index (κ2) is 36.2. The predicted octanol–water partition coefficient (Wildman–Crippen LogP) is 10.6. The monoisotopic (exact) mass is 646 g/mol. The molecule has 1 amide bonds. The van der Waals surface area contributed by atoms with E-state index in [4.69, 9.17) is 0 Å². The number of aliphatic hydroxyl groups excluding tert-OH is 3. The van der Waals surface area contributed by atoms with Crippen molar-refractivity contribution < 1.29 is 20.1 Å². The van der Waals surface area contributed by atoms with Crippen molar-refractivity contribution in [3.8, 4) is 0 Å². The number of allylic oxidation sites excluding steroid dienone is 7. The Morgan fingerprint density at radius 3 is 1.33 bits per heavy atom. The number of hydrogen-bond donors (Lipinski definition) is 4. The average molecular weight is 646 g/mol. The first-order chi connectivity index (χ1) is 22.6. The maximum absolute atomic E-state index is 12.4. The second-order valence-corrected chi connectivity index (χ2v) is 13.1. The lowest BCUT2D eigenvalue weighted by Crippen LogP contribution is -2.48. The summed E-state index contributed by atoms with van der Waals surface area (Å²) < 4.78 is 0. The van der Waals surface area contributed by atoms with E-state index in [1.165, 1.54) is 109 Å². The lowest BCUT2D eigenvalue weighted by atomic mass is 10.1. The van der Waals surface area contributed by atoms with Gasteiger partial charge < -0.3 is 20.6 Å². The van der Waals surface area contributed by atoms with Crippen LogP contribution in [0.15, 0.2) is 48.6 Å². The molecule has 0 radical (unpaired) electrons. The molecule has 0 saturated carbocycles. The largest absolute Gasteiger partial charge is 0.394 e. The van der Waals surface area contributed by atoms with Crippen LogP contribution in [0.5, 0.6) is 0 Å². The third kappa shape index (κ3) is 30.9. The maximum Gasteiger partial charge on any atom is 0.249 e. The van der Waals surface area contributed by atoms with Gasteiger partial charge in [0.1, 0.15) is 6.10 Å². The molecule has 5 heteroatoms. The van der Waals surface area contributed by atoms with Crippen molar-refractivity contribution in [3.05, 3.63) is 48.6 Å². The minimum atomic E-state index is -1.13. The van der Waals surface area contributed by atoms with Gasteiger partial charge in [-0.25, -0.2) is 0 Å². The molecule has 0 saturated heterocycles. The van der Waals surface area contributed by atoms with Crippen molar-refractivity contribution in [1.29, 1.82) is 0 Å². The fourth-order valence-corrected chi connectivity index (χ4v) is 5.50. The summed E-state index contributed by atoms with van der Waals surface area (Å²) in [5.74, 6) is -0.536. The lowest BCUT2D eigenvalue weighted by Gasteiger charge is -2.21. The quantitative estimate of drug-likeness (QED) is 0.0414. The molecule has 4 N–H and O–H groups in total. The number of carbonyl (C=O) groups excluding carboxylic acids is 1. The molecule has 5 nitrogen and oxygen atoms in total. The van der Waals surface area contributed by atoms with Gasteiger partial charge in [-0.05, 0) is 70.6 Å². The Morgan fingerprint density at radius 2 is 0.891 bits per heavy atom. The highest BCUT2D eigenvalue weighted by Crippen LogP contribution is 2.12. The molecule has 0 spiro atoms. The van der Waals surface area contributed by atoms with E-state index >= 15 is 0 Å². The van der Waals surface area contributed by atoms with Crippen molar-refractivity contribution in [2.45, 2.75) is 199 Å². The van der Waals surface area contributed by atoms with Crippen molar-refractivity contribution >= 4 is 5.91 Å². The van der Waals surface area contributed by atoms with Crippen LogP contribution >= 0.6 is 0 Å². The Bertz CT molecular complexity index is 760. The first-order valence-electron chi connectivity index (χ1n) is 19.5. The molecular formula is C41H75NO4. The molecular weight excluding hydrogens is 570 g/mol. The Morgan fingerprint density at radius 1 is 0.522 bits per heavy atom. The minimum Gasteiger partial charge on any atom is -0.394 e. The number of unbranched alkanes of at least 4 members (excludes halogenated alkanes) is 20. The van der Waals surface area contributed by atoms with Gasteiger partial charge in [0.15, 0.2) is 0 Å². The molecule has 0 aromatic carbocycles. The normalized spacial score (nSPS) is 14.3. The smallest absolute Gasteiger partial charge is 0.249 e. The van der Waals surface area contributed by atoms with Crippen molar-refractivity contribution in [2.75, 3.05) is 6.61 Å². The van der Waals surface area contributed by atoms with Gasteiger partial charge in [-0.1, -0.05) is 159 Å². The number of amides is 1. The standard InChI is InChI=1S/C41H75NO4/c1-3-5-7-9-11-13-15-17-18-19-20-21-22-23-24-26-27-29-31-33-35-39(44)38(37-43)42-41(46)40(45)36-34-32-30-28-25-16-14-12-10-8-6-4-2/h21-22,25-28,33,35,38-40,43-45H,3-20,23-24,29-32,34,36-37H2,1-2H3,(H,42,46)/b22-21+,27-26+,28-25-,35-33+. The highest BCUT2D eigenvalue weighted by atomic mass is 16.3.